The lowest BCUT2D eigenvalue weighted by Crippen LogP contribution is -2.41. The lowest BCUT2D eigenvalue weighted by molar-refractivity contribution is 0.00578. The number of carbonyl (C=O) groups is 2. The van der Waals surface area contributed by atoms with Crippen molar-refractivity contribution in [2.75, 3.05) is 40.6 Å². The first-order valence-corrected chi connectivity index (χ1v) is 32.5. The minimum absolute atomic E-state index is 0.366. The molecule has 8 aromatic rings. The minimum atomic E-state index is -0.565. The third-order valence-corrected chi connectivity index (χ3v) is 16.5. The average Bonchev–Trinajstić information content (AvgIpc) is 1.63. The zero-order valence-corrected chi connectivity index (χ0v) is 56.3. The zero-order valence-electron chi connectivity index (χ0n) is 54.7. The number of aryl methyl sites for hydroxylation is 2. The molecule has 0 atom stereocenters. The van der Waals surface area contributed by atoms with Crippen LogP contribution in [-0.2, 0) is 57.7 Å². The molecule has 0 N–H and O–H groups in total. The summed E-state index contributed by atoms with van der Waals surface area (Å²) in [6.07, 6.45) is 6.30. The second kappa shape index (κ2) is 34.3. The van der Waals surface area contributed by atoms with Crippen LogP contribution in [0.1, 0.15) is 135 Å². The van der Waals surface area contributed by atoms with Crippen molar-refractivity contribution in [2.24, 2.45) is 0 Å². The van der Waals surface area contributed by atoms with E-state index in [2.05, 4.69) is 83.5 Å². The van der Waals surface area contributed by atoms with Gasteiger partial charge in [0.1, 0.15) is 81.8 Å². The summed E-state index contributed by atoms with van der Waals surface area (Å²) in [6, 6.07) is 53.9. The monoisotopic (exact) mass is 1310 g/mol. The van der Waals surface area contributed by atoms with Crippen LogP contribution in [0.15, 0.2) is 174 Å². The highest BCUT2D eigenvalue weighted by atomic mass is 79.9. The number of rotatable bonds is 31. The number of methoxy groups -OCH3 is 2. The van der Waals surface area contributed by atoms with E-state index in [0.717, 1.165) is 111 Å². The molecular weight excluding hydrogens is 1230 g/mol. The first-order chi connectivity index (χ1) is 44.6. The van der Waals surface area contributed by atoms with Crippen LogP contribution >= 0.6 is 15.9 Å². The Labute approximate surface area is 551 Å². The molecule has 0 bridgehead atoms. The second-order valence-electron chi connectivity index (χ2n) is 23.0. The zero-order chi connectivity index (χ0) is 65.5. The molecule has 1 aliphatic rings. The Morgan fingerprint density at radius 1 is 0.424 bits per heavy atom. The quantitative estimate of drug-likeness (QED) is 0.0231. The topological polar surface area (TPSA) is 145 Å². The van der Waals surface area contributed by atoms with Gasteiger partial charge >= 0.3 is 19.1 Å². The maximum absolute atomic E-state index is 12.3. The maximum Gasteiger partial charge on any atom is 0.498 e. The van der Waals surface area contributed by atoms with E-state index < -0.39 is 30.3 Å². The van der Waals surface area contributed by atoms with Crippen LogP contribution in [0.3, 0.4) is 0 Å². The molecule has 9 rings (SSSR count). The van der Waals surface area contributed by atoms with E-state index in [9.17, 15) is 9.59 Å². The minimum Gasteiger partial charge on any atom is -0.493 e. The van der Waals surface area contributed by atoms with Crippen molar-refractivity contribution >= 4 is 40.4 Å². The predicted molar refractivity (Wildman–Crippen MR) is 364 cm³/mol. The Bertz CT molecular complexity index is 3650. The Kier molecular flexibility index (Phi) is 25.9. The van der Waals surface area contributed by atoms with Crippen molar-refractivity contribution in [3.05, 3.63) is 219 Å². The van der Waals surface area contributed by atoms with Gasteiger partial charge < -0.3 is 56.7 Å². The van der Waals surface area contributed by atoms with Crippen molar-refractivity contribution < 1.29 is 66.3 Å². The molecule has 0 saturated carbocycles. The van der Waals surface area contributed by atoms with Gasteiger partial charge in [-0.2, -0.15) is 0 Å². The molecule has 1 saturated heterocycles. The number of para-hydroxylation sites is 2. The van der Waals surface area contributed by atoms with Crippen molar-refractivity contribution in [2.45, 2.75) is 131 Å². The number of carbonyl (C=O) groups excluding carboxylic acids is 2. The molecule has 1 heterocycles. The Hall–Kier alpha value is -8.44. The fourth-order valence-electron chi connectivity index (χ4n) is 10.2. The van der Waals surface area contributed by atoms with Crippen molar-refractivity contribution in [3.8, 4) is 57.5 Å². The summed E-state index contributed by atoms with van der Waals surface area (Å²) in [5.74, 6) is 5.81. The molecule has 16 heteroatoms. The molecule has 484 valence electrons. The molecule has 1 fully saturated rings. The molecule has 0 aliphatic carbocycles. The Morgan fingerprint density at radius 2 is 0.804 bits per heavy atom. The van der Waals surface area contributed by atoms with Gasteiger partial charge in [-0.3, -0.25) is 0 Å². The van der Waals surface area contributed by atoms with E-state index in [1.807, 2.05) is 121 Å². The summed E-state index contributed by atoms with van der Waals surface area (Å²) in [4.78, 5) is 24.6. The SMILES string of the molecule is CCCc1c(OCCCOc2cc(OCc3ccccc3)c(B3OC(C)(C)C(C)(C)O3)cc2CC)cccc1Oc1ccccc1C(=O)OC.CCCc1c(OCCCOc2cc(OCc3ccccc3)c(Br)cc2CC)cccc1Oc1ccccc1C(=O)OC. The summed E-state index contributed by atoms with van der Waals surface area (Å²) in [5.41, 5.74) is 6.87. The van der Waals surface area contributed by atoms with Crippen LogP contribution in [-0.4, -0.2) is 70.9 Å². The van der Waals surface area contributed by atoms with Crippen LogP contribution in [0.25, 0.3) is 0 Å². The van der Waals surface area contributed by atoms with E-state index in [-0.39, 0.29) is 0 Å². The van der Waals surface area contributed by atoms with Crippen LogP contribution in [0.4, 0.5) is 0 Å². The summed E-state index contributed by atoms with van der Waals surface area (Å²) >= 11 is 3.64. The highest BCUT2D eigenvalue weighted by Gasteiger charge is 2.52. The third kappa shape index (κ3) is 18.6. The van der Waals surface area contributed by atoms with Gasteiger partial charge in [0.15, 0.2) is 0 Å². The average molecular weight is 1310 g/mol. The molecule has 0 radical (unpaired) electrons. The second-order valence-corrected chi connectivity index (χ2v) is 23.8. The van der Waals surface area contributed by atoms with Gasteiger partial charge in [-0.05, 0) is 146 Å². The largest absolute Gasteiger partial charge is 0.498 e. The number of esters is 2. The van der Waals surface area contributed by atoms with E-state index in [0.29, 0.717) is 92.4 Å². The smallest absolute Gasteiger partial charge is 0.493 e. The number of halogens is 1. The van der Waals surface area contributed by atoms with Crippen LogP contribution in [0.5, 0.6) is 57.5 Å². The Morgan fingerprint density at radius 3 is 1.24 bits per heavy atom. The van der Waals surface area contributed by atoms with E-state index in [1.54, 1.807) is 36.4 Å². The molecule has 92 heavy (non-hydrogen) atoms. The van der Waals surface area contributed by atoms with Gasteiger partial charge in [0.25, 0.3) is 0 Å². The number of hydrogen-bond donors (Lipinski definition) is 0. The molecule has 8 aromatic carbocycles. The standard InChI is InChI=1S/C41H49BO8.C35H37BrO6/c1-8-17-31-34(22-15-23-35(31)48-36-21-14-13-20-32(36)39(43)44-7)45-24-16-25-46-37-27-38(47-28-29-18-11-10-12-19-29)33(26-30(37)9-2)42-49-40(3,4)41(5,6)50-42;1-4-13-27-30(18-11-19-31(27)42-32-17-10-9-16-28(32)35(37)38-3)39-20-12-21-40-33-23-34(29(36)22-26(33)5-2)41-24-25-14-7-6-8-15-25/h10-15,18-23,26-27H,8-9,16-17,24-25,28H2,1-7H3;6-11,14-19,22-23H,4-5,12-13,20-21,24H2,1-3H3. The maximum atomic E-state index is 12.3. The van der Waals surface area contributed by atoms with E-state index in [1.165, 1.54) is 14.2 Å². The van der Waals surface area contributed by atoms with Gasteiger partial charge in [0.2, 0.25) is 0 Å². The number of hydrogen-bond acceptors (Lipinski definition) is 14. The van der Waals surface area contributed by atoms with Gasteiger partial charge in [0.05, 0.1) is 56.3 Å². The van der Waals surface area contributed by atoms with Crippen LogP contribution in [0, 0.1) is 0 Å². The van der Waals surface area contributed by atoms with Crippen molar-refractivity contribution in [1.29, 1.82) is 0 Å². The first kappa shape index (κ1) is 69.5. The fraction of sp³-hybridized carbons (Fsp3) is 0.342. The van der Waals surface area contributed by atoms with E-state index in [4.69, 9.17) is 56.7 Å². The van der Waals surface area contributed by atoms with Crippen molar-refractivity contribution in [1.82, 2.24) is 0 Å². The summed E-state index contributed by atoms with van der Waals surface area (Å²) in [5, 5.41) is 0. The van der Waals surface area contributed by atoms with Gasteiger partial charge in [-0.25, -0.2) is 9.59 Å². The summed E-state index contributed by atoms with van der Waals surface area (Å²) in [7, 11) is 2.15. The van der Waals surface area contributed by atoms with Gasteiger partial charge in [0, 0.05) is 41.6 Å². The molecule has 0 spiro atoms. The first-order valence-electron chi connectivity index (χ1n) is 31.7. The Balaban J connectivity index is 0.000000240. The lowest BCUT2D eigenvalue weighted by Gasteiger charge is -2.32. The summed E-state index contributed by atoms with van der Waals surface area (Å²) in [6.45, 7) is 19.4. The number of benzene rings is 8. The van der Waals surface area contributed by atoms with Gasteiger partial charge in [-0.1, -0.05) is 144 Å². The van der Waals surface area contributed by atoms with Gasteiger partial charge in [-0.15, -0.1) is 0 Å². The lowest BCUT2D eigenvalue weighted by atomic mass is 9.77. The predicted octanol–water partition coefficient (Wildman–Crippen LogP) is 17.5. The molecule has 0 unspecified atom stereocenters. The number of ether oxygens (including phenoxy) is 10. The summed E-state index contributed by atoms with van der Waals surface area (Å²) < 4.78 is 73.7. The van der Waals surface area contributed by atoms with Crippen molar-refractivity contribution in [3.63, 3.8) is 0 Å². The molecular formula is C76H86BBrO14. The molecule has 0 aromatic heterocycles. The van der Waals surface area contributed by atoms with Crippen LogP contribution < -0.4 is 43.4 Å². The third-order valence-electron chi connectivity index (χ3n) is 15.9. The molecule has 1 aliphatic heterocycles. The normalized spacial score (nSPS) is 12.8. The molecule has 14 nitrogen and oxygen atoms in total. The highest BCUT2D eigenvalue weighted by molar-refractivity contribution is 9.10. The van der Waals surface area contributed by atoms with E-state index >= 15 is 0 Å². The van der Waals surface area contributed by atoms with Crippen LogP contribution in [0.2, 0.25) is 0 Å². The highest BCUT2D eigenvalue weighted by Crippen LogP contribution is 2.40. The molecule has 0 amide bonds. The fourth-order valence-corrected chi connectivity index (χ4v) is 10.7.